The van der Waals surface area contributed by atoms with Crippen LogP contribution in [-0.4, -0.2) is 31.8 Å². The Labute approximate surface area is 116 Å². The smallest absolute Gasteiger partial charge is 0.0470 e. The maximum atomic E-state index is 5.07. The zero-order chi connectivity index (χ0) is 13.2. The molecule has 0 aliphatic heterocycles. The van der Waals surface area contributed by atoms with Crippen molar-refractivity contribution in [3.8, 4) is 0 Å². The van der Waals surface area contributed by atoms with Crippen molar-refractivity contribution in [1.29, 1.82) is 0 Å². The van der Waals surface area contributed by atoms with Crippen LogP contribution in [-0.2, 0) is 4.74 Å². The molecule has 0 radical (unpaired) electrons. The van der Waals surface area contributed by atoms with Crippen LogP contribution >= 0.6 is 11.8 Å². The number of hydrogen-bond acceptors (Lipinski definition) is 3. The fourth-order valence-electron chi connectivity index (χ4n) is 1.99. The average molecular weight is 267 g/mol. The lowest BCUT2D eigenvalue weighted by atomic mass is 10.0. The van der Waals surface area contributed by atoms with E-state index in [1.807, 2.05) is 11.8 Å². The standard InChI is InChI=1S/C15H25NOS/c1-4-16-15(12-18-11-7-10-17-3)14-9-6-5-8-13(14)2/h5-6,8-9,15-16H,4,7,10-12H2,1-3H3. The number of ether oxygens (including phenoxy) is 1. The molecule has 1 unspecified atom stereocenters. The summed E-state index contributed by atoms with van der Waals surface area (Å²) < 4.78 is 5.07. The molecule has 0 fully saturated rings. The van der Waals surface area contributed by atoms with Crippen LogP contribution in [0.2, 0.25) is 0 Å². The molecular weight excluding hydrogens is 242 g/mol. The van der Waals surface area contributed by atoms with Crippen molar-refractivity contribution in [2.75, 3.05) is 31.8 Å². The van der Waals surface area contributed by atoms with Crippen LogP contribution in [0.3, 0.4) is 0 Å². The van der Waals surface area contributed by atoms with Gasteiger partial charge in [0.25, 0.3) is 0 Å². The molecule has 1 aromatic rings. The van der Waals surface area contributed by atoms with E-state index in [-0.39, 0.29) is 0 Å². The highest BCUT2D eigenvalue weighted by Crippen LogP contribution is 2.21. The third kappa shape index (κ3) is 5.42. The quantitative estimate of drug-likeness (QED) is 0.693. The van der Waals surface area contributed by atoms with Crippen molar-refractivity contribution in [3.63, 3.8) is 0 Å². The Morgan fingerprint density at radius 2 is 2.11 bits per heavy atom. The first-order valence-corrected chi connectivity index (χ1v) is 7.80. The predicted molar refractivity (Wildman–Crippen MR) is 81.4 cm³/mol. The third-order valence-electron chi connectivity index (χ3n) is 2.94. The lowest BCUT2D eigenvalue weighted by Gasteiger charge is -2.20. The zero-order valence-corrected chi connectivity index (χ0v) is 12.6. The van der Waals surface area contributed by atoms with Gasteiger partial charge in [-0.1, -0.05) is 31.2 Å². The fourth-order valence-corrected chi connectivity index (χ4v) is 3.01. The minimum atomic E-state index is 0.462. The second-order valence-electron chi connectivity index (χ2n) is 4.39. The lowest BCUT2D eigenvalue weighted by Crippen LogP contribution is -2.23. The molecule has 0 spiro atoms. The number of thioether (sulfide) groups is 1. The minimum Gasteiger partial charge on any atom is -0.385 e. The largest absolute Gasteiger partial charge is 0.385 e. The van der Waals surface area contributed by atoms with E-state index in [9.17, 15) is 0 Å². The monoisotopic (exact) mass is 267 g/mol. The minimum absolute atomic E-state index is 0.462. The average Bonchev–Trinajstić information content (AvgIpc) is 2.38. The summed E-state index contributed by atoms with van der Waals surface area (Å²) in [6.45, 7) is 6.23. The maximum absolute atomic E-state index is 5.07. The van der Waals surface area contributed by atoms with E-state index in [0.717, 1.165) is 25.3 Å². The summed E-state index contributed by atoms with van der Waals surface area (Å²) in [5, 5.41) is 3.58. The highest BCUT2D eigenvalue weighted by molar-refractivity contribution is 7.99. The van der Waals surface area contributed by atoms with E-state index in [1.165, 1.54) is 16.9 Å². The molecule has 1 atom stereocenters. The number of aryl methyl sites for hydroxylation is 1. The first-order valence-electron chi connectivity index (χ1n) is 6.65. The molecule has 0 saturated heterocycles. The van der Waals surface area contributed by atoms with Gasteiger partial charge in [0.1, 0.15) is 0 Å². The summed E-state index contributed by atoms with van der Waals surface area (Å²) >= 11 is 2.00. The Kier molecular flexibility index (Phi) is 8.14. The topological polar surface area (TPSA) is 21.3 Å². The molecule has 102 valence electrons. The second-order valence-corrected chi connectivity index (χ2v) is 5.54. The van der Waals surface area contributed by atoms with E-state index in [1.54, 1.807) is 7.11 Å². The predicted octanol–water partition coefficient (Wildman–Crippen LogP) is 3.42. The number of nitrogens with one attached hydrogen (secondary N) is 1. The Hall–Kier alpha value is -0.510. The number of hydrogen-bond donors (Lipinski definition) is 1. The zero-order valence-electron chi connectivity index (χ0n) is 11.7. The molecule has 2 nitrogen and oxygen atoms in total. The molecule has 0 heterocycles. The van der Waals surface area contributed by atoms with Gasteiger partial charge in [0, 0.05) is 25.5 Å². The van der Waals surface area contributed by atoms with E-state index >= 15 is 0 Å². The molecule has 0 amide bonds. The SMILES string of the molecule is CCNC(CSCCCOC)c1ccccc1C. The molecule has 0 aliphatic carbocycles. The highest BCUT2D eigenvalue weighted by atomic mass is 32.2. The molecule has 1 aromatic carbocycles. The molecule has 3 heteroatoms. The van der Waals surface area contributed by atoms with Crippen LogP contribution in [0.1, 0.15) is 30.5 Å². The Bertz CT molecular complexity index is 330. The van der Waals surface area contributed by atoms with Gasteiger partial charge in [-0.15, -0.1) is 0 Å². The van der Waals surface area contributed by atoms with Gasteiger partial charge in [0.15, 0.2) is 0 Å². The second kappa shape index (κ2) is 9.42. The summed E-state index contributed by atoms with van der Waals surface area (Å²) in [5.41, 5.74) is 2.81. The lowest BCUT2D eigenvalue weighted by molar-refractivity contribution is 0.200. The molecule has 1 N–H and O–H groups in total. The van der Waals surface area contributed by atoms with Gasteiger partial charge in [-0.2, -0.15) is 11.8 Å². The third-order valence-corrected chi connectivity index (χ3v) is 4.08. The first-order chi connectivity index (χ1) is 8.79. The summed E-state index contributed by atoms with van der Waals surface area (Å²) in [7, 11) is 1.76. The van der Waals surface area contributed by atoms with Gasteiger partial charge >= 0.3 is 0 Å². The van der Waals surface area contributed by atoms with E-state index < -0.39 is 0 Å². The van der Waals surface area contributed by atoms with Crippen molar-refractivity contribution in [2.45, 2.75) is 26.3 Å². The summed E-state index contributed by atoms with van der Waals surface area (Å²) in [5.74, 6) is 2.30. The van der Waals surface area contributed by atoms with Gasteiger partial charge in [-0.05, 0) is 36.8 Å². The highest BCUT2D eigenvalue weighted by Gasteiger charge is 2.11. The van der Waals surface area contributed by atoms with Gasteiger partial charge in [0.2, 0.25) is 0 Å². The van der Waals surface area contributed by atoms with E-state index in [0.29, 0.717) is 6.04 Å². The fraction of sp³-hybridized carbons (Fsp3) is 0.600. The maximum Gasteiger partial charge on any atom is 0.0470 e. The number of rotatable bonds is 9. The number of methoxy groups -OCH3 is 1. The number of benzene rings is 1. The van der Waals surface area contributed by atoms with Crippen LogP contribution in [0.4, 0.5) is 0 Å². The van der Waals surface area contributed by atoms with Gasteiger partial charge in [0.05, 0.1) is 0 Å². The summed E-state index contributed by atoms with van der Waals surface area (Å²) in [4.78, 5) is 0. The molecule has 0 bridgehead atoms. The van der Waals surface area contributed by atoms with Crippen molar-refractivity contribution >= 4 is 11.8 Å². The summed E-state index contributed by atoms with van der Waals surface area (Å²) in [6, 6.07) is 9.12. The van der Waals surface area contributed by atoms with Crippen LogP contribution in [0.25, 0.3) is 0 Å². The van der Waals surface area contributed by atoms with Crippen molar-refractivity contribution < 1.29 is 4.74 Å². The molecule has 1 rings (SSSR count). The van der Waals surface area contributed by atoms with E-state index in [4.69, 9.17) is 4.74 Å². The molecule has 0 saturated carbocycles. The van der Waals surface area contributed by atoms with Crippen LogP contribution in [0.5, 0.6) is 0 Å². The van der Waals surface area contributed by atoms with Crippen molar-refractivity contribution in [1.82, 2.24) is 5.32 Å². The molecular formula is C15H25NOS. The Morgan fingerprint density at radius 3 is 2.78 bits per heavy atom. The van der Waals surface area contributed by atoms with Crippen molar-refractivity contribution in [3.05, 3.63) is 35.4 Å². The van der Waals surface area contributed by atoms with Crippen molar-refractivity contribution in [2.24, 2.45) is 0 Å². The van der Waals surface area contributed by atoms with Crippen LogP contribution < -0.4 is 5.32 Å². The first kappa shape index (κ1) is 15.5. The Balaban J connectivity index is 2.47. The summed E-state index contributed by atoms with van der Waals surface area (Å²) in [6.07, 6.45) is 1.13. The van der Waals surface area contributed by atoms with Gasteiger partial charge < -0.3 is 10.1 Å². The normalized spacial score (nSPS) is 12.6. The van der Waals surface area contributed by atoms with Gasteiger partial charge in [-0.25, -0.2) is 0 Å². The Morgan fingerprint density at radius 1 is 1.33 bits per heavy atom. The van der Waals surface area contributed by atoms with E-state index in [2.05, 4.69) is 43.4 Å². The molecule has 0 aromatic heterocycles. The van der Waals surface area contributed by atoms with Crippen LogP contribution in [0.15, 0.2) is 24.3 Å². The van der Waals surface area contributed by atoms with Gasteiger partial charge in [-0.3, -0.25) is 0 Å². The van der Waals surface area contributed by atoms with Crippen LogP contribution in [0, 0.1) is 6.92 Å². The molecule has 18 heavy (non-hydrogen) atoms. The molecule has 0 aliphatic rings.